The SMILES string of the molecule is CC1=C(C)C(C)(C)Cc2c1nc(N)nc2C(C)(C)C. The fourth-order valence-corrected chi connectivity index (χ4v) is 2.86. The average molecular weight is 259 g/mol. The lowest BCUT2D eigenvalue weighted by atomic mass is 9.70. The number of nitrogen functional groups attached to an aromatic ring is 1. The summed E-state index contributed by atoms with van der Waals surface area (Å²) in [4.78, 5) is 9.02. The Balaban J connectivity index is 2.78. The Labute approximate surface area is 116 Å². The Morgan fingerprint density at radius 3 is 2.21 bits per heavy atom. The lowest BCUT2D eigenvalue weighted by Gasteiger charge is -2.36. The molecule has 0 aromatic carbocycles. The van der Waals surface area contributed by atoms with Crippen molar-refractivity contribution in [3.63, 3.8) is 0 Å². The molecule has 104 valence electrons. The van der Waals surface area contributed by atoms with Gasteiger partial charge in [-0.15, -0.1) is 0 Å². The van der Waals surface area contributed by atoms with Gasteiger partial charge in [-0.2, -0.15) is 0 Å². The first kappa shape index (κ1) is 14.0. The largest absolute Gasteiger partial charge is 0.368 e. The molecule has 0 aliphatic heterocycles. The fourth-order valence-electron chi connectivity index (χ4n) is 2.86. The molecule has 3 nitrogen and oxygen atoms in total. The molecule has 1 aromatic rings. The number of anilines is 1. The molecule has 0 fully saturated rings. The van der Waals surface area contributed by atoms with Gasteiger partial charge in [0.05, 0.1) is 11.4 Å². The maximum Gasteiger partial charge on any atom is 0.220 e. The molecule has 1 aliphatic rings. The predicted octanol–water partition coefficient (Wildman–Crippen LogP) is 3.73. The number of nitrogens with zero attached hydrogens (tertiary/aromatic N) is 2. The number of nitrogens with two attached hydrogens (primary N) is 1. The molecule has 2 rings (SSSR count). The van der Waals surface area contributed by atoms with E-state index in [1.165, 1.54) is 16.7 Å². The predicted molar refractivity (Wildman–Crippen MR) is 80.9 cm³/mol. The van der Waals surface area contributed by atoms with Crippen LogP contribution in [0.25, 0.3) is 5.57 Å². The molecule has 0 saturated carbocycles. The van der Waals surface area contributed by atoms with E-state index >= 15 is 0 Å². The van der Waals surface area contributed by atoms with Gasteiger partial charge < -0.3 is 5.73 Å². The lowest BCUT2D eigenvalue weighted by molar-refractivity contribution is 0.426. The number of hydrogen-bond donors (Lipinski definition) is 1. The summed E-state index contributed by atoms with van der Waals surface area (Å²) in [7, 11) is 0. The van der Waals surface area contributed by atoms with Gasteiger partial charge in [0.25, 0.3) is 0 Å². The molecular formula is C16H25N3. The zero-order chi connectivity index (χ0) is 14.6. The molecule has 0 unspecified atom stereocenters. The van der Waals surface area contributed by atoms with Gasteiger partial charge in [0.1, 0.15) is 0 Å². The minimum Gasteiger partial charge on any atom is -0.368 e. The Morgan fingerprint density at radius 1 is 1.11 bits per heavy atom. The molecule has 3 heteroatoms. The summed E-state index contributed by atoms with van der Waals surface area (Å²) in [6.07, 6.45) is 0.985. The molecule has 2 N–H and O–H groups in total. The highest BCUT2D eigenvalue weighted by Crippen LogP contribution is 2.44. The van der Waals surface area contributed by atoms with E-state index in [0.717, 1.165) is 17.8 Å². The zero-order valence-corrected chi connectivity index (χ0v) is 13.2. The minimum absolute atomic E-state index is 0.0112. The van der Waals surface area contributed by atoms with Crippen LogP contribution < -0.4 is 5.73 Å². The summed E-state index contributed by atoms with van der Waals surface area (Å²) in [5, 5.41) is 0. The highest BCUT2D eigenvalue weighted by Gasteiger charge is 2.34. The van der Waals surface area contributed by atoms with E-state index < -0.39 is 0 Å². The van der Waals surface area contributed by atoms with Crippen LogP contribution in [0, 0.1) is 5.41 Å². The monoisotopic (exact) mass is 259 g/mol. The van der Waals surface area contributed by atoms with Gasteiger partial charge in [-0.25, -0.2) is 9.97 Å². The average Bonchev–Trinajstić information content (AvgIpc) is 2.25. The van der Waals surface area contributed by atoms with Crippen molar-refractivity contribution in [2.75, 3.05) is 5.73 Å². The number of rotatable bonds is 0. The first-order valence-corrected chi connectivity index (χ1v) is 6.89. The van der Waals surface area contributed by atoms with Gasteiger partial charge in [-0.05, 0) is 31.3 Å². The van der Waals surface area contributed by atoms with E-state index in [1.54, 1.807) is 0 Å². The van der Waals surface area contributed by atoms with Gasteiger partial charge >= 0.3 is 0 Å². The van der Waals surface area contributed by atoms with Crippen LogP contribution in [0.2, 0.25) is 0 Å². The van der Waals surface area contributed by atoms with Crippen LogP contribution in [0.4, 0.5) is 5.95 Å². The lowest BCUT2D eigenvalue weighted by Crippen LogP contribution is -2.28. The van der Waals surface area contributed by atoms with Gasteiger partial charge in [-0.3, -0.25) is 0 Å². The second-order valence-electron chi connectivity index (χ2n) is 7.32. The van der Waals surface area contributed by atoms with Gasteiger partial charge in [0.2, 0.25) is 5.95 Å². The maximum atomic E-state index is 5.91. The summed E-state index contributed by atoms with van der Waals surface area (Å²) in [6, 6.07) is 0. The van der Waals surface area contributed by atoms with Crippen LogP contribution in [0.1, 0.15) is 65.4 Å². The zero-order valence-electron chi connectivity index (χ0n) is 13.2. The summed E-state index contributed by atoms with van der Waals surface area (Å²) in [5.74, 6) is 0.385. The van der Waals surface area contributed by atoms with Crippen molar-refractivity contribution in [2.45, 2.75) is 60.3 Å². The Morgan fingerprint density at radius 2 is 1.68 bits per heavy atom. The van der Waals surface area contributed by atoms with Crippen LogP contribution in [0.3, 0.4) is 0 Å². The van der Waals surface area contributed by atoms with E-state index in [0.29, 0.717) is 5.95 Å². The van der Waals surface area contributed by atoms with Crippen LogP contribution in [0.15, 0.2) is 5.57 Å². The van der Waals surface area contributed by atoms with Gasteiger partial charge in [0.15, 0.2) is 0 Å². The summed E-state index contributed by atoms with van der Waals surface area (Å²) < 4.78 is 0. The van der Waals surface area contributed by atoms with Crippen molar-refractivity contribution in [3.8, 4) is 0 Å². The van der Waals surface area contributed by atoms with E-state index in [1.807, 2.05) is 0 Å². The number of fused-ring (bicyclic) bond motifs is 1. The van der Waals surface area contributed by atoms with Crippen molar-refractivity contribution in [1.82, 2.24) is 9.97 Å². The van der Waals surface area contributed by atoms with Crippen LogP contribution in [-0.2, 0) is 11.8 Å². The minimum atomic E-state index is -0.0112. The second kappa shape index (κ2) is 4.06. The maximum absolute atomic E-state index is 5.91. The second-order valence-corrected chi connectivity index (χ2v) is 7.32. The van der Waals surface area contributed by atoms with Crippen molar-refractivity contribution in [1.29, 1.82) is 0 Å². The topological polar surface area (TPSA) is 51.8 Å². The van der Waals surface area contributed by atoms with Crippen molar-refractivity contribution in [2.24, 2.45) is 5.41 Å². The van der Waals surface area contributed by atoms with Crippen LogP contribution in [-0.4, -0.2) is 9.97 Å². The van der Waals surface area contributed by atoms with E-state index in [2.05, 4.69) is 58.4 Å². The molecular weight excluding hydrogens is 234 g/mol. The third kappa shape index (κ3) is 2.26. The summed E-state index contributed by atoms with van der Waals surface area (Å²) in [5.41, 5.74) is 12.1. The number of allylic oxidation sites excluding steroid dienone is 2. The molecule has 0 saturated heterocycles. The third-order valence-electron chi connectivity index (χ3n) is 4.29. The molecule has 1 aromatic heterocycles. The number of hydrogen-bond acceptors (Lipinski definition) is 3. The summed E-state index contributed by atoms with van der Waals surface area (Å²) >= 11 is 0. The van der Waals surface area contributed by atoms with E-state index in [4.69, 9.17) is 5.73 Å². The molecule has 0 spiro atoms. The fraction of sp³-hybridized carbons (Fsp3) is 0.625. The van der Waals surface area contributed by atoms with Crippen LogP contribution >= 0.6 is 0 Å². The molecule has 0 bridgehead atoms. The van der Waals surface area contributed by atoms with E-state index in [9.17, 15) is 0 Å². The normalized spacial score (nSPS) is 18.5. The smallest absolute Gasteiger partial charge is 0.220 e. The highest BCUT2D eigenvalue weighted by atomic mass is 15.0. The first-order valence-electron chi connectivity index (χ1n) is 6.89. The van der Waals surface area contributed by atoms with Crippen molar-refractivity contribution >= 4 is 11.5 Å². The molecule has 0 radical (unpaired) electrons. The Kier molecular flexibility index (Phi) is 3.00. The first-order chi connectivity index (χ1) is 8.54. The van der Waals surface area contributed by atoms with Crippen LogP contribution in [0.5, 0.6) is 0 Å². The van der Waals surface area contributed by atoms with Gasteiger partial charge in [0, 0.05) is 11.0 Å². The molecule has 0 atom stereocenters. The quantitative estimate of drug-likeness (QED) is 0.772. The highest BCUT2D eigenvalue weighted by molar-refractivity contribution is 5.71. The Hall–Kier alpha value is -1.38. The van der Waals surface area contributed by atoms with Crippen molar-refractivity contribution in [3.05, 3.63) is 22.5 Å². The van der Waals surface area contributed by atoms with Crippen molar-refractivity contribution < 1.29 is 0 Å². The Bertz CT molecular complexity index is 560. The molecule has 19 heavy (non-hydrogen) atoms. The molecule has 0 amide bonds. The summed E-state index contributed by atoms with van der Waals surface area (Å²) in [6.45, 7) is 15.5. The van der Waals surface area contributed by atoms with Gasteiger partial charge in [-0.1, -0.05) is 40.2 Å². The number of aromatic nitrogens is 2. The van der Waals surface area contributed by atoms with E-state index in [-0.39, 0.29) is 10.8 Å². The third-order valence-corrected chi connectivity index (χ3v) is 4.29. The molecule has 1 heterocycles. The molecule has 1 aliphatic carbocycles. The standard InChI is InChI=1S/C16H25N3/c1-9-10(2)16(6,7)8-11-12(9)18-14(17)19-13(11)15(3,4)5/h8H2,1-7H3,(H2,17,18,19).